The largest absolute Gasteiger partial charge is 0.480 e. The van der Waals surface area contributed by atoms with Gasteiger partial charge in [0, 0.05) is 17.1 Å². The van der Waals surface area contributed by atoms with E-state index in [2.05, 4.69) is 20.9 Å². The zero-order chi connectivity index (χ0) is 29.1. The average molecular weight is 563 g/mol. The van der Waals surface area contributed by atoms with Gasteiger partial charge in [-0.2, -0.15) is 11.8 Å². The van der Waals surface area contributed by atoms with Gasteiger partial charge in [-0.25, -0.2) is 4.79 Å². The number of fused-ring (bicyclic) bond motifs is 1. The predicted octanol–water partition coefficient (Wildman–Crippen LogP) is 0.251. The molecule has 39 heavy (non-hydrogen) atoms. The minimum atomic E-state index is -1.53. The molecule has 1 aromatic heterocycles. The topological polar surface area (TPSA) is 209 Å². The maximum Gasteiger partial charge on any atom is 0.326 e. The number of carbonyl (C=O) groups excluding carboxylic acids is 4. The molecule has 9 N–H and O–H groups in total. The highest BCUT2D eigenvalue weighted by Crippen LogP contribution is 2.19. The summed E-state index contributed by atoms with van der Waals surface area (Å²) in [6.07, 6.45) is 3.76. The SMILES string of the molecule is CSCCC(NC(=O)C(CC(C)C)NC(=O)C(N)Cc1c[nH]c2ccccc12)C(=O)NC(CC(N)=O)C(=O)O. The van der Waals surface area contributed by atoms with Crippen molar-refractivity contribution in [2.75, 3.05) is 12.0 Å². The van der Waals surface area contributed by atoms with Crippen LogP contribution in [0.4, 0.5) is 0 Å². The Kier molecular flexibility index (Phi) is 12.3. The van der Waals surface area contributed by atoms with Crippen molar-refractivity contribution in [1.82, 2.24) is 20.9 Å². The summed E-state index contributed by atoms with van der Waals surface area (Å²) >= 11 is 1.44. The minimum absolute atomic E-state index is 0.0244. The summed E-state index contributed by atoms with van der Waals surface area (Å²) in [5.41, 5.74) is 13.1. The summed E-state index contributed by atoms with van der Waals surface area (Å²) in [6.45, 7) is 3.77. The Morgan fingerprint density at radius 2 is 1.59 bits per heavy atom. The van der Waals surface area contributed by atoms with Crippen LogP contribution < -0.4 is 27.4 Å². The molecule has 0 bridgehead atoms. The quantitative estimate of drug-likeness (QED) is 0.150. The van der Waals surface area contributed by atoms with Gasteiger partial charge in [-0.3, -0.25) is 19.2 Å². The maximum absolute atomic E-state index is 13.3. The van der Waals surface area contributed by atoms with Crippen molar-refractivity contribution in [3.05, 3.63) is 36.0 Å². The van der Waals surface area contributed by atoms with Crippen LogP contribution in [0.15, 0.2) is 30.5 Å². The van der Waals surface area contributed by atoms with Gasteiger partial charge >= 0.3 is 5.97 Å². The third kappa shape index (κ3) is 9.91. The first-order chi connectivity index (χ1) is 18.4. The fourth-order valence-electron chi connectivity index (χ4n) is 4.06. The first kappa shape index (κ1) is 31.6. The number of nitrogens with one attached hydrogen (secondary N) is 4. The average Bonchev–Trinajstić information content (AvgIpc) is 3.27. The molecule has 2 rings (SSSR count). The minimum Gasteiger partial charge on any atom is -0.480 e. The lowest BCUT2D eigenvalue weighted by Crippen LogP contribution is -2.57. The summed E-state index contributed by atoms with van der Waals surface area (Å²) < 4.78 is 0. The molecule has 0 saturated carbocycles. The van der Waals surface area contributed by atoms with Crippen LogP contribution in [0.1, 0.15) is 38.7 Å². The lowest BCUT2D eigenvalue weighted by Gasteiger charge is -2.26. The molecule has 0 fully saturated rings. The van der Waals surface area contributed by atoms with Crippen LogP contribution in [0, 0.1) is 5.92 Å². The number of carboxylic acid groups (broad SMARTS) is 1. The van der Waals surface area contributed by atoms with E-state index in [9.17, 15) is 29.1 Å². The van der Waals surface area contributed by atoms with E-state index < -0.39 is 60.2 Å². The first-order valence-corrected chi connectivity index (χ1v) is 14.0. The van der Waals surface area contributed by atoms with Crippen LogP contribution in [0.25, 0.3) is 10.9 Å². The van der Waals surface area contributed by atoms with Crippen LogP contribution in [-0.4, -0.2) is 75.9 Å². The summed E-state index contributed by atoms with van der Waals surface area (Å²) in [5.74, 6) is -3.68. The van der Waals surface area contributed by atoms with Crippen LogP contribution in [-0.2, 0) is 30.4 Å². The molecule has 214 valence electrons. The maximum atomic E-state index is 13.3. The molecule has 0 aliphatic carbocycles. The molecule has 4 atom stereocenters. The number of H-pyrrole nitrogens is 1. The molecule has 0 saturated heterocycles. The molecular formula is C26H38N6O6S. The molecule has 4 unspecified atom stereocenters. The Bertz CT molecular complexity index is 1170. The van der Waals surface area contributed by atoms with E-state index in [0.29, 0.717) is 5.75 Å². The number of benzene rings is 1. The number of aromatic amines is 1. The van der Waals surface area contributed by atoms with Crippen LogP contribution in [0.5, 0.6) is 0 Å². The molecular weight excluding hydrogens is 524 g/mol. The number of thioether (sulfide) groups is 1. The van der Waals surface area contributed by atoms with Crippen LogP contribution in [0.3, 0.4) is 0 Å². The number of rotatable bonds is 16. The number of hydrogen-bond donors (Lipinski definition) is 7. The second kappa shape index (κ2) is 15.1. The third-order valence-electron chi connectivity index (χ3n) is 6.06. The van der Waals surface area contributed by atoms with Gasteiger partial charge < -0.3 is 37.5 Å². The van der Waals surface area contributed by atoms with E-state index in [1.54, 1.807) is 6.20 Å². The first-order valence-electron chi connectivity index (χ1n) is 12.6. The standard InChI is InChI=1S/C26H38N6O6S/c1-14(2)10-20(31-23(34)17(27)11-15-13-29-18-7-5-4-6-16(15)18)25(36)30-19(8-9-39-3)24(35)32-21(26(37)38)12-22(28)33/h4-7,13-14,17,19-21,29H,8-12,27H2,1-3H3,(H2,28,33)(H,30,36)(H,31,34)(H,32,35)(H,37,38). The molecule has 0 radical (unpaired) electrons. The Morgan fingerprint density at radius 3 is 2.21 bits per heavy atom. The number of aliphatic carboxylic acids is 1. The van der Waals surface area contributed by atoms with Crippen molar-refractivity contribution >= 4 is 52.3 Å². The number of nitrogens with two attached hydrogens (primary N) is 2. The van der Waals surface area contributed by atoms with Gasteiger partial charge in [-0.1, -0.05) is 32.0 Å². The number of hydrogen-bond acceptors (Lipinski definition) is 7. The van der Waals surface area contributed by atoms with Crippen molar-refractivity contribution < 1.29 is 29.1 Å². The fraction of sp³-hybridized carbons (Fsp3) is 0.500. The van der Waals surface area contributed by atoms with Crippen molar-refractivity contribution in [1.29, 1.82) is 0 Å². The molecule has 2 aromatic rings. The molecule has 13 heteroatoms. The zero-order valence-electron chi connectivity index (χ0n) is 22.4. The number of primary amides is 1. The molecule has 1 aromatic carbocycles. The highest BCUT2D eigenvalue weighted by molar-refractivity contribution is 7.98. The smallest absolute Gasteiger partial charge is 0.326 e. The Labute approximate surface area is 231 Å². The lowest BCUT2D eigenvalue weighted by molar-refractivity contribution is -0.143. The van der Waals surface area contributed by atoms with E-state index in [0.717, 1.165) is 16.5 Å². The van der Waals surface area contributed by atoms with Crippen molar-refractivity contribution in [2.45, 2.75) is 63.7 Å². The molecule has 0 aliphatic rings. The van der Waals surface area contributed by atoms with Crippen LogP contribution in [0.2, 0.25) is 0 Å². The van der Waals surface area contributed by atoms with Gasteiger partial charge in [0.2, 0.25) is 23.6 Å². The van der Waals surface area contributed by atoms with Crippen molar-refractivity contribution in [2.24, 2.45) is 17.4 Å². The molecule has 0 spiro atoms. The summed E-state index contributed by atoms with van der Waals surface area (Å²) in [7, 11) is 0. The predicted molar refractivity (Wildman–Crippen MR) is 150 cm³/mol. The highest BCUT2D eigenvalue weighted by atomic mass is 32.2. The van der Waals surface area contributed by atoms with Gasteiger partial charge in [0.1, 0.15) is 18.1 Å². The van der Waals surface area contributed by atoms with E-state index in [-0.39, 0.29) is 25.2 Å². The van der Waals surface area contributed by atoms with E-state index in [4.69, 9.17) is 11.5 Å². The van der Waals surface area contributed by atoms with Gasteiger partial charge in [0.05, 0.1) is 12.5 Å². The number of amides is 4. The normalized spacial score (nSPS) is 14.3. The van der Waals surface area contributed by atoms with Gasteiger partial charge in [-0.15, -0.1) is 0 Å². The zero-order valence-corrected chi connectivity index (χ0v) is 23.2. The molecule has 0 aliphatic heterocycles. The lowest BCUT2D eigenvalue weighted by atomic mass is 10.0. The number of aromatic nitrogens is 1. The van der Waals surface area contributed by atoms with E-state index in [1.165, 1.54) is 11.8 Å². The Balaban J connectivity index is 2.12. The Morgan fingerprint density at radius 1 is 0.974 bits per heavy atom. The summed E-state index contributed by atoms with van der Waals surface area (Å²) in [5, 5.41) is 17.9. The van der Waals surface area contributed by atoms with Crippen molar-refractivity contribution in [3.63, 3.8) is 0 Å². The van der Waals surface area contributed by atoms with E-state index in [1.807, 2.05) is 44.4 Å². The number of carboxylic acids is 1. The Hall–Kier alpha value is -3.58. The molecule has 4 amide bonds. The van der Waals surface area contributed by atoms with Gasteiger partial charge in [0.25, 0.3) is 0 Å². The second-order valence-corrected chi connectivity index (χ2v) is 10.8. The number of para-hydroxylation sites is 1. The molecule has 1 heterocycles. The molecule has 12 nitrogen and oxygen atoms in total. The van der Waals surface area contributed by atoms with Gasteiger partial charge in [0.15, 0.2) is 0 Å². The monoisotopic (exact) mass is 562 g/mol. The summed E-state index contributed by atoms with van der Waals surface area (Å²) in [6, 6.07) is 3.12. The van der Waals surface area contributed by atoms with Crippen LogP contribution >= 0.6 is 11.8 Å². The second-order valence-electron chi connectivity index (χ2n) is 9.77. The third-order valence-corrected chi connectivity index (χ3v) is 6.70. The van der Waals surface area contributed by atoms with Gasteiger partial charge in [-0.05, 0) is 48.8 Å². The summed E-state index contributed by atoms with van der Waals surface area (Å²) in [4.78, 5) is 64.9. The highest BCUT2D eigenvalue weighted by Gasteiger charge is 2.31. The van der Waals surface area contributed by atoms with E-state index >= 15 is 0 Å². The van der Waals surface area contributed by atoms with Crippen molar-refractivity contribution in [3.8, 4) is 0 Å². The number of carbonyl (C=O) groups is 5. The fourth-order valence-corrected chi connectivity index (χ4v) is 4.53.